The molecule has 280 valence electrons. The first-order chi connectivity index (χ1) is 25.6. The Kier molecular flexibility index (Phi) is 10.1. The van der Waals surface area contributed by atoms with Crippen LogP contribution in [0, 0.1) is 0 Å². The predicted octanol–water partition coefficient (Wildman–Crippen LogP) is 1.22. The summed E-state index contributed by atoms with van der Waals surface area (Å²) in [6.45, 7) is 2.60. The molecular weight excluding hydrogens is 747 g/mol. The van der Waals surface area contributed by atoms with Crippen molar-refractivity contribution in [3.63, 3.8) is 0 Å². The number of carbonyl (C=O) groups excluding carboxylic acids is 3. The molecule has 0 bridgehead atoms. The van der Waals surface area contributed by atoms with Gasteiger partial charge in [-0.3, -0.25) is 19.3 Å². The van der Waals surface area contributed by atoms with Crippen LogP contribution in [0.1, 0.15) is 35.6 Å². The van der Waals surface area contributed by atoms with E-state index in [1.165, 1.54) is 19.2 Å². The number of fused-ring (bicyclic) bond motifs is 2. The molecule has 3 atom stereocenters. The number of carboxylic acids is 2. The molecule has 2 aliphatic heterocycles. The van der Waals surface area contributed by atoms with Gasteiger partial charge in [-0.15, -0.1) is 23.1 Å². The minimum absolute atomic E-state index is 0.0337. The second-order valence-electron chi connectivity index (χ2n) is 12.4. The number of phenols is 2. The number of carbonyl (C=O) groups is 5. The van der Waals surface area contributed by atoms with Gasteiger partial charge in [-0.25, -0.2) is 24.5 Å². The van der Waals surface area contributed by atoms with Gasteiger partial charge in [0.05, 0.1) is 17.1 Å². The third kappa shape index (κ3) is 7.18. The number of hydrogen-bond donors (Lipinski definition) is 8. The molecule has 4 heterocycles. The summed E-state index contributed by atoms with van der Waals surface area (Å²) in [4.78, 5) is 84.1. The van der Waals surface area contributed by atoms with Crippen molar-refractivity contribution in [2.24, 2.45) is 10.9 Å². The number of nitrogen functional groups attached to an aromatic ring is 1. The Bertz CT molecular complexity index is 2280. The minimum Gasteiger partial charge on any atom is -0.504 e. The number of anilines is 2. The fourth-order valence-corrected chi connectivity index (χ4v) is 7.30. The smallest absolute Gasteiger partial charge is 0.352 e. The molecule has 6 rings (SSSR count). The number of rotatable bonds is 13. The number of aromatic hydroxyl groups is 2. The Morgan fingerprint density at radius 1 is 1.07 bits per heavy atom. The highest BCUT2D eigenvalue weighted by Crippen LogP contribution is 2.41. The Morgan fingerprint density at radius 2 is 1.74 bits per heavy atom. The molecule has 2 amide bonds. The number of ketones is 1. The van der Waals surface area contributed by atoms with E-state index in [-0.39, 0.29) is 51.2 Å². The normalized spacial score (nSPS) is 17.7. The number of Topliss-reactive ketones (excluding diaryl/α,β-unsaturated/α-hetero) is 1. The van der Waals surface area contributed by atoms with Crippen molar-refractivity contribution in [3.8, 4) is 11.5 Å². The summed E-state index contributed by atoms with van der Waals surface area (Å²) in [7, 11) is 0. The second-order valence-corrected chi connectivity index (χ2v) is 14.4. The third-order valence-electron chi connectivity index (χ3n) is 8.30. The van der Waals surface area contributed by atoms with Gasteiger partial charge >= 0.3 is 11.9 Å². The molecule has 2 aromatic heterocycles. The van der Waals surface area contributed by atoms with Gasteiger partial charge in [0.25, 0.3) is 11.8 Å². The molecule has 10 N–H and O–H groups in total. The zero-order valence-electron chi connectivity index (χ0n) is 28.2. The van der Waals surface area contributed by atoms with E-state index < -0.39 is 75.5 Å². The van der Waals surface area contributed by atoms with Gasteiger partial charge in [-0.2, -0.15) is 0 Å². The summed E-state index contributed by atoms with van der Waals surface area (Å²) in [5.41, 5.74) is 9.82. The van der Waals surface area contributed by atoms with E-state index in [0.29, 0.717) is 0 Å². The first kappa shape index (κ1) is 37.4. The van der Waals surface area contributed by atoms with Crippen molar-refractivity contribution in [1.82, 2.24) is 25.2 Å². The Morgan fingerprint density at radius 3 is 2.35 bits per heavy atom. The predicted molar refractivity (Wildman–Crippen MR) is 194 cm³/mol. The minimum atomic E-state index is -1.84. The number of benzene rings is 2. The molecule has 1 saturated heterocycles. The van der Waals surface area contributed by atoms with Crippen molar-refractivity contribution >= 4 is 80.3 Å². The fourth-order valence-electron chi connectivity index (χ4n) is 5.35. The van der Waals surface area contributed by atoms with E-state index in [0.717, 1.165) is 45.7 Å². The van der Waals surface area contributed by atoms with Crippen molar-refractivity contribution < 1.29 is 49.2 Å². The van der Waals surface area contributed by atoms with E-state index in [1.54, 1.807) is 0 Å². The van der Waals surface area contributed by atoms with Crippen LogP contribution in [0.2, 0.25) is 0 Å². The number of β-lactam (4-membered cyclic amide) rings is 1. The molecule has 54 heavy (non-hydrogen) atoms. The number of nitrogens with two attached hydrogens (primary N) is 2. The third-order valence-corrected chi connectivity index (χ3v) is 10.3. The lowest BCUT2D eigenvalue weighted by atomic mass is 9.96. The zero-order chi connectivity index (χ0) is 39.1. The highest BCUT2D eigenvalue weighted by Gasteiger charge is 2.55. The lowest BCUT2D eigenvalue weighted by Gasteiger charge is -2.49. The van der Waals surface area contributed by atoms with Gasteiger partial charge in [0, 0.05) is 29.8 Å². The standard InChI is InChI=1S/C33H31N9O10S2/c1-33(2,31(50)51)52-41-21(17-12-54-32(35)39-17)27(46)40-23-28(47)42-24(30(48)49)14(11-53-29(23)42)20(34)25(45)22-26(36-10-13-6-4-3-5-7-13)38-16-9-19(44)18(43)8-15(16)37-22/h3-9,12,20,23,29,43-44H,10-11,34H2,1-2H3,(H2,35,39)(H,36,38)(H,40,46)(H,48,49)(H,50,51)/b41-21-/t20?,23?,29-/m1/s1. The highest BCUT2D eigenvalue weighted by atomic mass is 32.2. The van der Waals surface area contributed by atoms with Crippen LogP contribution in [-0.2, 0) is 30.6 Å². The van der Waals surface area contributed by atoms with E-state index in [2.05, 4.69) is 30.7 Å². The number of carboxylic acid groups (broad SMARTS) is 2. The summed E-state index contributed by atoms with van der Waals surface area (Å²) in [6.07, 6.45) is 0. The van der Waals surface area contributed by atoms with Crippen molar-refractivity contribution in [1.29, 1.82) is 0 Å². The number of thiazole rings is 1. The summed E-state index contributed by atoms with van der Waals surface area (Å²) < 4.78 is 0. The number of nitrogens with zero attached hydrogens (tertiary/aromatic N) is 5. The highest BCUT2D eigenvalue weighted by molar-refractivity contribution is 8.00. The van der Waals surface area contributed by atoms with Crippen LogP contribution >= 0.6 is 23.1 Å². The Labute approximate surface area is 312 Å². The van der Waals surface area contributed by atoms with Crippen LogP contribution in [0.3, 0.4) is 0 Å². The Hall–Kier alpha value is -6.32. The molecule has 4 aromatic rings. The molecule has 2 unspecified atom stereocenters. The number of oxime groups is 1. The van der Waals surface area contributed by atoms with Gasteiger partial charge in [0.15, 0.2) is 33.9 Å². The summed E-state index contributed by atoms with van der Waals surface area (Å²) in [5.74, 6) is -6.79. The fraction of sp³-hybridized carbons (Fsp3) is 0.242. The molecule has 2 aromatic carbocycles. The number of amides is 2. The lowest BCUT2D eigenvalue weighted by Crippen LogP contribution is -2.71. The van der Waals surface area contributed by atoms with Crippen molar-refractivity contribution in [2.75, 3.05) is 16.8 Å². The van der Waals surface area contributed by atoms with E-state index >= 15 is 0 Å². The molecule has 0 saturated carbocycles. The van der Waals surface area contributed by atoms with Crippen LogP contribution in [-0.4, -0.2) is 104 Å². The number of aromatic nitrogens is 3. The zero-order valence-corrected chi connectivity index (χ0v) is 29.8. The maximum absolute atomic E-state index is 14.1. The van der Waals surface area contributed by atoms with E-state index in [9.17, 15) is 44.4 Å². The van der Waals surface area contributed by atoms with Crippen LogP contribution in [0.15, 0.2) is 64.3 Å². The van der Waals surface area contributed by atoms with Crippen LogP contribution in [0.5, 0.6) is 11.5 Å². The number of hydrogen-bond acceptors (Lipinski definition) is 17. The van der Waals surface area contributed by atoms with Gasteiger partial charge in [-0.05, 0) is 25.0 Å². The van der Waals surface area contributed by atoms with Crippen LogP contribution in [0.4, 0.5) is 10.9 Å². The van der Waals surface area contributed by atoms with Crippen molar-refractivity contribution in [3.05, 3.63) is 76.1 Å². The molecule has 19 nitrogen and oxygen atoms in total. The Balaban J connectivity index is 1.28. The molecule has 0 aliphatic carbocycles. The maximum Gasteiger partial charge on any atom is 0.352 e. The quantitative estimate of drug-likeness (QED) is 0.0311. The van der Waals surface area contributed by atoms with Gasteiger partial charge in [0.2, 0.25) is 11.4 Å². The summed E-state index contributed by atoms with van der Waals surface area (Å²) in [6, 6.07) is 8.47. The average Bonchev–Trinajstić information content (AvgIpc) is 3.57. The molecule has 2 aliphatic rings. The maximum atomic E-state index is 14.1. The molecular formula is C33H31N9O10S2. The number of nitrogens with one attached hydrogen (secondary N) is 2. The molecule has 0 spiro atoms. The lowest BCUT2D eigenvalue weighted by molar-refractivity contribution is -0.161. The molecule has 21 heteroatoms. The van der Waals surface area contributed by atoms with Crippen LogP contribution in [0.25, 0.3) is 11.0 Å². The van der Waals surface area contributed by atoms with Gasteiger partial charge in [0.1, 0.15) is 22.8 Å². The largest absolute Gasteiger partial charge is 0.504 e. The summed E-state index contributed by atoms with van der Waals surface area (Å²) >= 11 is 2.00. The first-order valence-electron chi connectivity index (χ1n) is 15.8. The molecule has 0 radical (unpaired) electrons. The molecule has 1 fully saturated rings. The number of phenolic OH excluding ortho intramolecular Hbond substituents is 2. The van der Waals surface area contributed by atoms with E-state index in [1.807, 2.05) is 30.3 Å². The second kappa shape index (κ2) is 14.6. The monoisotopic (exact) mass is 777 g/mol. The SMILES string of the molecule is CC(C)(O/N=C(\C(=O)NC1C(=O)N2C(C(=O)O)=C(C(N)C(=O)c3nc4cc(O)c(O)cc4nc3NCc3ccccc3)CS[C@H]12)c1csc(N)n1)C(=O)O. The first-order valence-corrected chi connectivity index (χ1v) is 17.7. The van der Waals surface area contributed by atoms with Gasteiger partial charge in [-0.1, -0.05) is 35.5 Å². The van der Waals surface area contributed by atoms with Crippen molar-refractivity contribution in [2.45, 2.75) is 43.5 Å². The van der Waals surface area contributed by atoms with E-state index in [4.69, 9.17) is 16.3 Å². The average molecular weight is 778 g/mol. The van der Waals surface area contributed by atoms with Crippen LogP contribution < -0.4 is 22.1 Å². The summed E-state index contributed by atoms with van der Waals surface area (Å²) in [5, 5.41) is 49.6. The number of aliphatic carboxylic acids is 2. The number of thioether (sulfide) groups is 1. The topological polar surface area (TPSA) is 306 Å². The van der Waals surface area contributed by atoms with Gasteiger partial charge < -0.3 is 47.4 Å².